The van der Waals surface area contributed by atoms with E-state index >= 15 is 0 Å². The van der Waals surface area contributed by atoms with E-state index < -0.39 is 24.4 Å². The van der Waals surface area contributed by atoms with Crippen molar-refractivity contribution in [2.75, 3.05) is 6.61 Å². The average molecular weight is 352 g/mol. The molecule has 0 aliphatic carbocycles. The van der Waals surface area contributed by atoms with Gasteiger partial charge in [0.2, 0.25) is 0 Å². The van der Waals surface area contributed by atoms with Gasteiger partial charge >= 0.3 is 5.97 Å². The lowest BCUT2D eigenvalue weighted by molar-refractivity contribution is -0.123. The molecule has 0 atom stereocenters. The average Bonchev–Trinajstić information content (AvgIpc) is 3.09. The van der Waals surface area contributed by atoms with E-state index in [9.17, 15) is 14.4 Å². The third-order valence-electron chi connectivity index (χ3n) is 3.67. The lowest BCUT2D eigenvalue weighted by atomic mass is 10.2. The highest BCUT2D eigenvalue weighted by molar-refractivity contribution is 6.05. The second kappa shape index (κ2) is 7.56. The van der Waals surface area contributed by atoms with Crippen LogP contribution in [-0.2, 0) is 16.1 Å². The van der Waals surface area contributed by atoms with Crippen LogP contribution in [0.5, 0.6) is 0 Å². The first-order valence-electron chi connectivity index (χ1n) is 7.98. The van der Waals surface area contributed by atoms with Crippen molar-refractivity contribution in [1.82, 2.24) is 20.3 Å². The number of aromatic nitrogens is 3. The van der Waals surface area contributed by atoms with Crippen LogP contribution in [0.25, 0.3) is 11.0 Å². The monoisotopic (exact) mass is 352 g/mol. The van der Waals surface area contributed by atoms with Gasteiger partial charge in [-0.2, -0.15) is 0 Å². The molecule has 0 fully saturated rings. The topological polar surface area (TPSA) is 103 Å². The summed E-state index contributed by atoms with van der Waals surface area (Å²) in [4.78, 5) is 35.7. The Hall–Kier alpha value is -3.55. The Morgan fingerprint density at radius 3 is 2.58 bits per heavy atom. The zero-order valence-corrected chi connectivity index (χ0v) is 14.0. The summed E-state index contributed by atoms with van der Waals surface area (Å²) in [6.07, 6.45) is 0. The normalized spacial score (nSPS) is 10.5. The van der Waals surface area contributed by atoms with Gasteiger partial charge in [-0.3, -0.25) is 14.9 Å². The summed E-state index contributed by atoms with van der Waals surface area (Å²) in [7, 11) is 0. The summed E-state index contributed by atoms with van der Waals surface area (Å²) in [5.41, 5.74) is 1.96. The number of ether oxygens (including phenoxy) is 1. The third-order valence-corrected chi connectivity index (χ3v) is 3.67. The van der Waals surface area contributed by atoms with Crippen LogP contribution in [0.3, 0.4) is 0 Å². The minimum Gasteiger partial charge on any atom is -0.452 e. The van der Waals surface area contributed by atoms with E-state index in [1.54, 1.807) is 53.2 Å². The molecule has 0 radical (unpaired) electrons. The highest BCUT2D eigenvalue weighted by atomic mass is 16.5. The molecule has 1 heterocycles. The molecule has 0 aliphatic heterocycles. The Morgan fingerprint density at radius 2 is 1.85 bits per heavy atom. The standard InChI is InChI=1S/C18H16N4O4/c1-2-22-15-9-8-13(10-14(15)20-21-22)18(25)26-11-16(23)19-17(24)12-6-4-3-5-7-12/h3-10H,2,11H2,1H3,(H,19,23,24). The Balaban J connectivity index is 1.58. The lowest BCUT2D eigenvalue weighted by Crippen LogP contribution is -2.34. The maximum absolute atomic E-state index is 12.1. The van der Waals surface area contributed by atoms with E-state index in [2.05, 4.69) is 15.6 Å². The fourth-order valence-electron chi connectivity index (χ4n) is 2.37. The van der Waals surface area contributed by atoms with Crippen molar-refractivity contribution in [2.24, 2.45) is 0 Å². The summed E-state index contributed by atoms with van der Waals surface area (Å²) in [6, 6.07) is 13.1. The molecule has 2 amide bonds. The molecule has 132 valence electrons. The van der Waals surface area contributed by atoms with Gasteiger partial charge in [0.1, 0.15) is 5.52 Å². The van der Waals surface area contributed by atoms with Crippen LogP contribution in [0.1, 0.15) is 27.6 Å². The minimum absolute atomic E-state index is 0.253. The molecule has 0 spiro atoms. The Bertz CT molecular complexity index is 966. The molecule has 0 aliphatic rings. The number of hydrogen-bond donors (Lipinski definition) is 1. The molecule has 3 rings (SSSR count). The Kier molecular flexibility index (Phi) is 5.02. The maximum atomic E-state index is 12.1. The first-order chi connectivity index (χ1) is 12.6. The molecule has 2 aromatic carbocycles. The van der Waals surface area contributed by atoms with Gasteiger partial charge in [0.05, 0.1) is 11.1 Å². The number of amides is 2. The fourth-order valence-corrected chi connectivity index (χ4v) is 2.37. The van der Waals surface area contributed by atoms with Crippen LogP contribution in [0.4, 0.5) is 0 Å². The number of nitrogens with one attached hydrogen (secondary N) is 1. The summed E-state index contributed by atoms with van der Waals surface area (Å²) >= 11 is 0. The zero-order chi connectivity index (χ0) is 18.5. The zero-order valence-electron chi connectivity index (χ0n) is 14.0. The first kappa shape index (κ1) is 17.3. The molecule has 8 heteroatoms. The van der Waals surface area contributed by atoms with Gasteiger partial charge in [-0.15, -0.1) is 5.10 Å². The van der Waals surface area contributed by atoms with E-state index in [1.165, 1.54) is 0 Å². The van der Waals surface area contributed by atoms with Crippen molar-refractivity contribution in [3.8, 4) is 0 Å². The van der Waals surface area contributed by atoms with Gasteiger partial charge < -0.3 is 4.74 Å². The molecular weight excluding hydrogens is 336 g/mol. The van der Waals surface area contributed by atoms with E-state index in [0.717, 1.165) is 5.52 Å². The number of aryl methyl sites for hydroxylation is 1. The largest absolute Gasteiger partial charge is 0.452 e. The number of benzene rings is 2. The van der Waals surface area contributed by atoms with Crippen molar-refractivity contribution in [3.63, 3.8) is 0 Å². The van der Waals surface area contributed by atoms with Gasteiger partial charge in [0.15, 0.2) is 6.61 Å². The van der Waals surface area contributed by atoms with Crippen molar-refractivity contribution in [3.05, 3.63) is 59.7 Å². The molecule has 1 N–H and O–H groups in total. The quantitative estimate of drug-likeness (QED) is 0.699. The van der Waals surface area contributed by atoms with Crippen LogP contribution >= 0.6 is 0 Å². The summed E-state index contributed by atoms with van der Waals surface area (Å²) in [6.45, 7) is 2.04. The third kappa shape index (κ3) is 3.75. The van der Waals surface area contributed by atoms with Gasteiger partial charge in [-0.25, -0.2) is 9.48 Å². The summed E-state index contributed by atoms with van der Waals surface area (Å²) in [5, 5.41) is 10.1. The van der Waals surface area contributed by atoms with Crippen molar-refractivity contribution < 1.29 is 19.1 Å². The van der Waals surface area contributed by atoms with E-state index in [1.807, 2.05) is 6.92 Å². The number of rotatable bonds is 5. The second-order valence-corrected chi connectivity index (χ2v) is 5.43. The van der Waals surface area contributed by atoms with Crippen LogP contribution in [0.15, 0.2) is 48.5 Å². The summed E-state index contributed by atoms with van der Waals surface area (Å²) < 4.78 is 6.65. The van der Waals surface area contributed by atoms with Crippen LogP contribution in [0.2, 0.25) is 0 Å². The highest BCUT2D eigenvalue weighted by Crippen LogP contribution is 2.14. The van der Waals surface area contributed by atoms with Crippen molar-refractivity contribution in [2.45, 2.75) is 13.5 Å². The van der Waals surface area contributed by atoms with Gasteiger partial charge in [0, 0.05) is 12.1 Å². The molecule has 0 bridgehead atoms. The Labute approximate surface area is 148 Å². The molecule has 0 saturated heterocycles. The number of fused-ring (bicyclic) bond motifs is 1. The SMILES string of the molecule is CCn1nnc2cc(C(=O)OCC(=O)NC(=O)c3ccccc3)ccc21. The molecular formula is C18H16N4O4. The van der Waals surface area contributed by atoms with Crippen LogP contribution in [-0.4, -0.2) is 39.4 Å². The van der Waals surface area contributed by atoms with E-state index in [4.69, 9.17) is 4.74 Å². The van der Waals surface area contributed by atoms with E-state index in [0.29, 0.717) is 17.6 Å². The fraction of sp³-hybridized carbons (Fsp3) is 0.167. The number of carbonyl (C=O) groups is 3. The molecule has 8 nitrogen and oxygen atoms in total. The minimum atomic E-state index is -0.704. The smallest absolute Gasteiger partial charge is 0.338 e. The number of nitrogens with zero attached hydrogens (tertiary/aromatic N) is 3. The second-order valence-electron chi connectivity index (χ2n) is 5.43. The van der Waals surface area contributed by atoms with Crippen molar-refractivity contribution >= 4 is 28.8 Å². The number of carbonyl (C=O) groups excluding carboxylic acids is 3. The lowest BCUT2D eigenvalue weighted by Gasteiger charge is -2.06. The molecule has 3 aromatic rings. The number of esters is 1. The summed E-state index contributed by atoms with van der Waals surface area (Å²) in [5.74, 6) is -1.94. The van der Waals surface area contributed by atoms with Gasteiger partial charge in [-0.05, 0) is 37.3 Å². The van der Waals surface area contributed by atoms with Crippen LogP contribution in [0, 0.1) is 0 Å². The van der Waals surface area contributed by atoms with Crippen LogP contribution < -0.4 is 5.32 Å². The predicted molar refractivity (Wildman–Crippen MR) is 92.4 cm³/mol. The van der Waals surface area contributed by atoms with Gasteiger partial charge in [-0.1, -0.05) is 23.4 Å². The van der Waals surface area contributed by atoms with Crippen molar-refractivity contribution in [1.29, 1.82) is 0 Å². The van der Waals surface area contributed by atoms with Gasteiger partial charge in [0.25, 0.3) is 11.8 Å². The Morgan fingerprint density at radius 1 is 1.08 bits per heavy atom. The molecule has 1 aromatic heterocycles. The highest BCUT2D eigenvalue weighted by Gasteiger charge is 2.15. The maximum Gasteiger partial charge on any atom is 0.338 e. The predicted octanol–water partition coefficient (Wildman–Crippen LogP) is 1.56. The van der Waals surface area contributed by atoms with E-state index in [-0.39, 0.29) is 5.56 Å². The molecule has 0 saturated carbocycles. The first-order valence-corrected chi connectivity index (χ1v) is 7.98. The molecule has 26 heavy (non-hydrogen) atoms. The molecule has 0 unspecified atom stereocenters. The number of imide groups is 1. The number of hydrogen-bond acceptors (Lipinski definition) is 6.